The molecule has 0 saturated carbocycles. The highest BCUT2D eigenvalue weighted by Gasteiger charge is 2.34. The van der Waals surface area contributed by atoms with E-state index in [0.717, 1.165) is 23.1 Å². The summed E-state index contributed by atoms with van der Waals surface area (Å²) in [6, 6.07) is 13.3. The maximum Gasteiger partial charge on any atom is 0.338 e. The van der Waals surface area contributed by atoms with E-state index >= 15 is 0 Å². The molecule has 1 aliphatic rings. The first-order valence-electron chi connectivity index (χ1n) is 11.9. The number of benzene rings is 2. The first-order chi connectivity index (χ1) is 18.8. The van der Waals surface area contributed by atoms with Crippen LogP contribution < -0.4 is 19.6 Å². The van der Waals surface area contributed by atoms with Gasteiger partial charge in [-0.05, 0) is 106 Å². The van der Waals surface area contributed by atoms with E-state index in [1.807, 2.05) is 35.7 Å². The van der Waals surface area contributed by atoms with E-state index < -0.39 is 12.0 Å². The largest absolute Gasteiger partial charge is 0.487 e. The highest BCUT2D eigenvalue weighted by Crippen LogP contribution is 2.33. The van der Waals surface area contributed by atoms with Gasteiger partial charge >= 0.3 is 5.97 Å². The Bertz CT molecular complexity index is 1760. The molecule has 6 nitrogen and oxygen atoms in total. The van der Waals surface area contributed by atoms with Crippen molar-refractivity contribution in [1.29, 1.82) is 0 Å². The van der Waals surface area contributed by atoms with Crippen LogP contribution in [0.5, 0.6) is 5.75 Å². The average molecular weight is 786 g/mol. The summed E-state index contributed by atoms with van der Waals surface area (Å²) in [6.45, 7) is 4.00. The fourth-order valence-electron chi connectivity index (χ4n) is 4.22. The molecule has 0 aliphatic carbocycles. The van der Waals surface area contributed by atoms with Gasteiger partial charge in [-0.25, -0.2) is 14.2 Å². The number of thiazole rings is 1. The van der Waals surface area contributed by atoms with Crippen LogP contribution in [0.15, 0.2) is 75.0 Å². The van der Waals surface area contributed by atoms with Crippen molar-refractivity contribution in [3.05, 3.63) is 114 Å². The van der Waals surface area contributed by atoms with E-state index in [2.05, 4.69) is 50.2 Å². The van der Waals surface area contributed by atoms with Gasteiger partial charge in [0.2, 0.25) is 0 Å². The number of nitrogens with zero attached hydrogens (tertiary/aromatic N) is 2. The van der Waals surface area contributed by atoms with Crippen molar-refractivity contribution in [3.8, 4) is 5.75 Å². The van der Waals surface area contributed by atoms with E-state index in [1.165, 1.54) is 34.8 Å². The smallest absolute Gasteiger partial charge is 0.338 e. The molecule has 1 atom stereocenters. The monoisotopic (exact) mass is 786 g/mol. The zero-order chi connectivity index (χ0) is 27.7. The first-order valence-corrected chi connectivity index (χ1v) is 15.7. The molecule has 0 radical (unpaired) electrons. The van der Waals surface area contributed by atoms with Gasteiger partial charge in [0, 0.05) is 14.0 Å². The fraction of sp³-hybridized carbons (Fsp3) is 0.179. The van der Waals surface area contributed by atoms with Gasteiger partial charge in [-0.15, -0.1) is 11.3 Å². The number of esters is 1. The van der Waals surface area contributed by atoms with Gasteiger partial charge in [0.05, 0.1) is 26.0 Å². The van der Waals surface area contributed by atoms with Crippen molar-refractivity contribution in [2.75, 3.05) is 6.61 Å². The maximum absolute atomic E-state index is 13.9. The minimum atomic E-state index is -0.618. The number of rotatable bonds is 7. The van der Waals surface area contributed by atoms with Crippen molar-refractivity contribution in [2.24, 2.45) is 4.99 Å². The molecule has 200 valence electrons. The van der Waals surface area contributed by atoms with Crippen molar-refractivity contribution >= 4 is 79.9 Å². The zero-order valence-corrected chi connectivity index (χ0v) is 26.7. The molecule has 0 amide bonds. The van der Waals surface area contributed by atoms with Crippen LogP contribution in [0, 0.1) is 13.0 Å². The van der Waals surface area contributed by atoms with Crippen LogP contribution in [0.1, 0.15) is 35.9 Å². The van der Waals surface area contributed by atoms with Gasteiger partial charge in [0.25, 0.3) is 5.56 Å². The second-order valence-electron chi connectivity index (χ2n) is 8.54. The third-order valence-corrected chi connectivity index (χ3v) is 9.28. The zero-order valence-electron chi connectivity index (χ0n) is 20.7. The molecule has 3 heterocycles. The Balaban J connectivity index is 1.62. The number of ether oxygens (including phenoxy) is 2. The summed E-state index contributed by atoms with van der Waals surface area (Å²) < 4.78 is 28.8. The van der Waals surface area contributed by atoms with E-state index in [9.17, 15) is 14.0 Å². The number of carbonyl (C=O) groups is 1. The van der Waals surface area contributed by atoms with Crippen LogP contribution in [-0.2, 0) is 16.1 Å². The van der Waals surface area contributed by atoms with Crippen LogP contribution in [-0.4, -0.2) is 17.1 Å². The molecule has 0 bridgehead atoms. The second kappa shape index (κ2) is 12.0. The summed E-state index contributed by atoms with van der Waals surface area (Å²) in [5.41, 5.74) is 2.23. The van der Waals surface area contributed by atoms with Crippen LogP contribution in [0.2, 0.25) is 0 Å². The third-order valence-electron chi connectivity index (χ3n) is 5.95. The summed E-state index contributed by atoms with van der Waals surface area (Å²) >= 11 is 7.19. The Morgan fingerprint density at radius 1 is 1.21 bits per heavy atom. The van der Waals surface area contributed by atoms with E-state index in [-0.39, 0.29) is 24.6 Å². The lowest BCUT2D eigenvalue weighted by molar-refractivity contribution is -0.139. The highest BCUT2D eigenvalue weighted by atomic mass is 127. The number of thiophene rings is 1. The van der Waals surface area contributed by atoms with Crippen molar-refractivity contribution in [1.82, 2.24) is 4.57 Å². The number of carbonyl (C=O) groups excluding carboxylic acids is 1. The SMILES string of the molecule is CCOC(=O)C1=C(C)N=c2s/c(=C\c3cc(I)cc(I)c3OCc3ccc(F)cc3)c(=O)n2[C@@H]1c1cccs1. The minimum Gasteiger partial charge on any atom is -0.487 e. The molecule has 0 N–H and O–H groups in total. The number of hydrogen-bond acceptors (Lipinski definition) is 7. The molecule has 0 spiro atoms. The van der Waals surface area contributed by atoms with Gasteiger partial charge in [0.15, 0.2) is 4.80 Å². The van der Waals surface area contributed by atoms with Crippen LogP contribution in [0.25, 0.3) is 6.08 Å². The van der Waals surface area contributed by atoms with Crippen molar-refractivity contribution in [3.63, 3.8) is 0 Å². The molecule has 0 unspecified atom stereocenters. The Morgan fingerprint density at radius 3 is 2.67 bits per heavy atom. The molecule has 5 rings (SSSR count). The normalized spacial score (nSPS) is 15.2. The van der Waals surface area contributed by atoms with Crippen LogP contribution in [0.4, 0.5) is 4.39 Å². The number of halogens is 3. The van der Waals surface area contributed by atoms with Crippen LogP contribution in [0.3, 0.4) is 0 Å². The molecular formula is C28H21FI2N2O4S2. The Labute approximate surface area is 258 Å². The molecule has 2 aromatic carbocycles. The summed E-state index contributed by atoms with van der Waals surface area (Å²) in [5, 5.41) is 1.92. The number of aromatic nitrogens is 1. The molecule has 2 aromatic heterocycles. The number of allylic oxidation sites excluding steroid dienone is 1. The molecule has 4 aromatic rings. The standard InChI is InChI=1S/C28H21FI2N2O4S2/c1-3-36-27(35)23-15(2)32-28-33(24(23)21-5-4-10-38-21)26(34)22(39-28)12-17-11-19(30)13-20(31)25(17)37-14-16-6-8-18(29)9-7-16/h4-13,24H,3,14H2,1-2H3/b22-12-/t24-/m1/s1. The van der Waals surface area contributed by atoms with E-state index in [4.69, 9.17) is 9.47 Å². The number of hydrogen-bond donors (Lipinski definition) is 0. The predicted molar refractivity (Wildman–Crippen MR) is 167 cm³/mol. The Hall–Kier alpha value is -2.36. The molecule has 0 saturated heterocycles. The van der Waals surface area contributed by atoms with Crippen LogP contribution >= 0.6 is 67.9 Å². The van der Waals surface area contributed by atoms with E-state index in [0.29, 0.717) is 26.4 Å². The predicted octanol–water partition coefficient (Wildman–Crippen LogP) is 5.79. The summed E-state index contributed by atoms with van der Waals surface area (Å²) in [7, 11) is 0. The van der Waals surface area contributed by atoms with Crippen molar-refractivity contribution < 1.29 is 18.7 Å². The lowest BCUT2D eigenvalue weighted by Crippen LogP contribution is -2.39. The first kappa shape index (κ1) is 28.2. The van der Waals surface area contributed by atoms with Gasteiger partial charge < -0.3 is 9.47 Å². The summed E-state index contributed by atoms with van der Waals surface area (Å²) in [4.78, 5) is 32.9. The Kier molecular flexibility index (Phi) is 8.69. The number of fused-ring (bicyclic) bond motifs is 1. The Morgan fingerprint density at radius 2 is 1.97 bits per heavy atom. The van der Waals surface area contributed by atoms with Gasteiger partial charge in [-0.1, -0.05) is 29.5 Å². The van der Waals surface area contributed by atoms with Gasteiger partial charge in [0.1, 0.15) is 24.2 Å². The second-order valence-corrected chi connectivity index (χ2v) is 12.9. The summed E-state index contributed by atoms with van der Waals surface area (Å²) in [6.07, 6.45) is 1.81. The van der Waals surface area contributed by atoms with Gasteiger partial charge in [-0.2, -0.15) is 0 Å². The average Bonchev–Trinajstić information content (AvgIpc) is 3.52. The maximum atomic E-state index is 13.9. The lowest BCUT2D eigenvalue weighted by atomic mass is 10.0. The lowest BCUT2D eigenvalue weighted by Gasteiger charge is -2.23. The minimum absolute atomic E-state index is 0.225. The molecule has 39 heavy (non-hydrogen) atoms. The molecule has 1 aliphatic heterocycles. The summed E-state index contributed by atoms with van der Waals surface area (Å²) in [5.74, 6) is -0.152. The van der Waals surface area contributed by atoms with Gasteiger partial charge in [-0.3, -0.25) is 9.36 Å². The molecular weight excluding hydrogens is 765 g/mol. The quantitative estimate of drug-likeness (QED) is 0.176. The third kappa shape index (κ3) is 5.91. The highest BCUT2D eigenvalue weighted by molar-refractivity contribution is 14.1. The topological polar surface area (TPSA) is 69.9 Å². The van der Waals surface area contributed by atoms with E-state index in [1.54, 1.807) is 30.5 Å². The molecule has 11 heteroatoms. The van der Waals surface area contributed by atoms with Crippen molar-refractivity contribution in [2.45, 2.75) is 26.5 Å². The fourth-order valence-corrected chi connectivity index (χ4v) is 8.13. The molecule has 0 fully saturated rings.